The largest absolute Gasteiger partial charge is 0.484 e. The molecule has 0 spiro atoms. The third-order valence-electron chi connectivity index (χ3n) is 3.80. The highest BCUT2D eigenvalue weighted by atomic mass is 35.5. The first-order valence-corrected chi connectivity index (χ1v) is 7.80. The van der Waals surface area contributed by atoms with Gasteiger partial charge in [-0.3, -0.25) is 9.59 Å². The van der Waals surface area contributed by atoms with E-state index in [9.17, 15) is 9.59 Å². The summed E-state index contributed by atoms with van der Waals surface area (Å²) < 4.78 is 5.47. The number of hydrogen-bond acceptors (Lipinski definition) is 3. The topological polar surface area (TPSA) is 66.8 Å². The normalized spacial score (nSPS) is 18.0. The Labute approximate surface area is 134 Å². The number of nitrogens with zero attached hydrogens (tertiary/aromatic N) is 1. The Morgan fingerprint density at radius 2 is 2.23 bits per heavy atom. The number of hydrogen-bond donors (Lipinski definition) is 1. The summed E-state index contributed by atoms with van der Waals surface area (Å²) >= 11 is 5.86. The minimum Gasteiger partial charge on any atom is -0.484 e. The molecule has 0 radical (unpaired) electrons. The maximum Gasteiger partial charge on any atom is 0.303 e. The number of aliphatic carboxylic acids is 1. The van der Waals surface area contributed by atoms with E-state index in [4.69, 9.17) is 21.4 Å². The van der Waals surface area contributed by atoms with Gasteiger partial charge in [-0.25, -0.2) is 0 Å². The lowest BCUT2D eigenvalue weighted by atomic mass is 9.93. The molecule has 5 nitrogen and oxygen atoms in total. The summed E-state index contributed by atoms with van der Waals surface area (Å²) in [5.74, 6) is -0.0204. The van der Waals surface area contributed by atoms with Crippen LogP contribution >= 0.6 is 11.6 Å². The van der Waals surface area contributed by atoms with Crippen molar-refractivity contribution in [3.05, 3.63) is 29.3 Å². The van der Waals surface area contributed by atoms with Gasteiger partial charge in [-0.15, -0.1) is 0 Å². The number of ether oxygens (including phenoxy) is 1. The van der Waals surface area contributed by atoms with Crippen LogP contribution in [0.1, 0.15) is 25.7 Å². The summed E-state index contributed by atoms with van der Waals surface area (Å²) in [6, 6.07) is 6.94. The molecule has 1 amide bonds. The predicted octanol–water partition coefficient (Wildman–Crippen LogP) is 2.82. The molecule has 0 aliphatic carbocycles. The van der Waals surface area contributed by atoms with E-state index < -0.39 is 5.97 Å². The van der Waals surface area contributed by atoms with E-state index in [0.29, 0.717) is 30.3 Å². The minimum absolute atomic E-state index is 0.0218. The van der Waals surface area contributed by atoms with Crippen molar-refractivity contribution in [3.8, 4) is 5.75 Å². The molecule has 1 heterocycles. The van der Waals surface area contributed by atoms with E-state index in [1.165, 1.54) is 0 Å². The maximum atomic E-state index is 12.2. The Kier molecular flexibility index (Phi) is 6.07. The summed E-state index contributed by atoms with van der Waals surface area (Å²) in [5.41, 5.74) is 0. The van der Waals surface area contributed by atoms with Gasteiger partial charge in [0.15, 0.2) is 6.61 Å². The zero-order chi connectivity index (χ0) is 15.9. The summed E-state index contributed by atoms with van der Waals surface area (Å²) in [6.07, 6.45) is 2.67. The van der Waals surface area contributed by atoms with Crippen molar-refractivity contribution < 1.29 is 19.4 Å². The third-order valence-corrected chi connectivity index (χ3v) is 4.03. The van der Waals surface area contributed by atoms with Crippen LogP contribution in [0.25, 0.3) is 0 Å². The fraction of sp³-hybridized carbons (Fsp3) is 0.500. The predicted molar refractivity (Wildman–Crippen MR) is 83.1 cm³/mol. The van der Waals surface area contributed by atoms with Crippen molar-refractivity contribution in [1.82, 2.24) is 4.90 Å². The smallest absolute Gasteiger partial charge is 0.303 e. The average Bonchev–Trinajstić information content (AvgIpc) is 2.51. The number of halogens is 1. The quantitative estimate of drug-likeness (QED) is 0.873. The molecule has 0 saturated carbocycles. The van der Waals surface area contributed by atoms with Gasteiger partial charge < -0.3 is 14.7 Å². The molecule has 0 aromatic heterocycles. The second kappa shape index (κ2) is 8.03. The van der Waals surface area contributed by atoms with Gasteiger partial charge >= 0.3 is 5.97 Å². The number of carboxylic acids is 1. The number of amides is 1. The molecular formula is C16H20ClNO4. The van der Waals surface area contributed by atoms with Crippen LogP contribution in [0, 0.1) is 5.92 Å². The second-order valence-electron chi connectivity index (χ2n) is 5.53. The fourth-order valence-corrected chi connectivity index (χ4v) is 2.83. The van der Waals surface area contributed by atoms with Crippen molar-refractivity contribution in [2.45, 2.75) is 25.7 Å². The van der Waals surface area contributed by atoms with E-state index in [-0.39, 0.29) is 24.9 Å². The lowest BCUT2D eigenvalue weighted by Crippen LogP contribution is -2.42. The number of carboxylic acid groups (broad SMARTS) is 1. The molecular weight excluding hydrogens is 306 g/mol. The van der Waals surface area contributed by atoms with Gasteiger partial charge in [-0.1, -0.05) is 17.7 Å². The first kappa shape index (κ1) is 16.6. The van der Waals surface area contributed by atoms with Gasteiger partial charge in [-0.05, 0) is 43.4 Å². The van der Waals surface area contributed by atoms with Crippen LogP contribution in [0.5, 0.6) is 5.75 Å². The van der Waals surface area contributed by atoms with Gasteiger partial charge in [0.1, 0.15) is 5.75 Å². The summed E-state index contributed by atoms with van der Waals surface area (Å²) in [4.78, 5) is 24.6. The van der Waals surface area contributed by atoms with Crippen molar-refractivity contribution in [2.24, 2.45) is 5.92 Å². The van der Waals surface area contributed by atoms with Crippen LogP contribution in [0.15, 0.2) is 24.3 Å². The van der Waals surface area contributed by atoms with Gasteiger partial charge in [0.25, 0.3) is 5.91 Å². The third kappa shape index (κ3) is 5.22. The van der Waals surface area contributed by atoms with E-state index in [1.807, 2.05) is 0 Å². The highest BCUT2D eigenvalue weighted by molar-refractivity contribution is 6.30. The second-order valence-corrected chi connectivity index (χ2v) is 5.96. The Hall–Kier alpha value is -1.75. The molecule has 1 aliphatic rings. The first-order valence-electron chi connectivity index (χ1n) is 7.42. The van der Waals surface area contributed by atoms with E-state index in [0.717, 1.165) is 12.8 Å². The molecule has 1 saturated heterocycles. The zero-order valence-corrected chi connectivity index (χ0v) is 13.1. The molecule has 1 aromatic rings. The number of likely N-dealkylation sites (tertiary alicyclic amines) is 1. The van der Waals surface area contributed by atoms with E-state index in [1.54, 1.807) is 29.2 Å². The lowest BCUT2D eigenvalue weighted by molar-refractivity contribution is -0.137. The highest BCUT2D eigenvalue weighted by Crippen LogP contribution is 2.22. The minimum atomic E-state index is -0.785. The molecule has 1 aromatic carbocycles. The van der Waals surface area contributed by atoms with Crippen LogP contribution in [0.3, 0.4) is 0 Å². The molecule has 6 heteroatoms. The fourth-order valence-electron chi connectivity index (χ4n) is 2.65. The number of carbonyl (C=O) groups is 2. The monoisotopic (exact) mass is 325 g/mol. The number of piperidine rings is 1. The Bertz CT molecular complexity index is 535. The molecule has 120 valence electrons. The average molecular weight is 326 g/mol. The van der Waals surface area contributed by atoms with Gasteiger partial charge in [0.2, 0.25) is 0 Å². The van der Waals surface area contributed by atoms with Crippen LogP contribution in [-0.4, -0.2) is 41.6 Å². The molecule has 1 fully saturated rings. The maximum absolute atomic E-state index is 12.2. The standard InChI is InChI=1S/C16H20ClNO4/c17-13-4-1-5-14(9-13)22-11-15(19)18-8-2-3-12(10-18)6-7-16(20)21/h1,4-5,9,12H,2-3,6-8,10-11H2,(H,20,21). The Morgan fingerprint density at radius 3 is 2.95 bits per heavy atom. The zero-order valence-electron chi connectivity index (χ0n) is 12.3. The molecule has 1 atom stereocenters. The van der Waals surface area contributed by atoms with Crippen LogP contribution in [0.2, 0.25) is 5.02 Å². The van der Waals surface area contributed by atoms with E-state index >= 15 is 0 Å². The molecule has 22 heavy (non-hydrogen) atoms. The lowest BCUT2D eigenvalue weighted by Gasteiger charge is -2.32. The number of benzene rings is 1. The van der Waals surface area contributed by atoms with Crippen molar-refractivity contribution in [2.75, 3.05) is 19.7 Å². The van der Waals surface area contributed by atoms with Crippen LogP contribution in [0.4, 0.5) is 0 Å². The summed E-state index contributed by atoms with van der Waals surface area (Å²) in [7, 11) is 0. The highest BCUT2D eigenvalue weighted by Gasteiger charge is 2.24. The number of carbonyl (C=O) groups excluding carboxylic acids is 1. The number of rotatable bonds is 6. The molecule has 2 rings (SSSR count). The van der Waals surface area contributed by atoms with Crippen molar-refractivity contribution in [3.63, 3.8) is 0 Å². The SMILES string of the molecule is O=C(O)CCC1CCCN(C(=O)COc2cccc(Cl)c2)C1. The molecule has 1 N–H and O–H groups in total. The van der Waals surface area contributed by atoms with Crippen molar-refractivity contribution >= 4 is 23.5 Å². The molecule has 1 unspecified atom stereocenters. The van der Waals surface area contributed by atoms with E-state index in [2.05, 4.69) is 0 Å². The Balaban J connectivity index is 1.80. The molecule has 1 aliphatic heterocycles. The van der Waals surface area contributed by atoms with Gasteiger partial charge in [-0.2, -0.15) is 0 Å². The Morgan fingerprint density at radius 1 is 1.41 bits per heavy atom. The van der Waals surface area contributed by atoms with Crippen LogP contribution in [-0.2, 0) is 9.59 Å². The summed E-state index contributed by atoms with van der Waals surface area (Å²) in [6.45, 7) is 1.30. The van der Waals surface area contributed by atoms with Crippen molar-refractivity contribution in [1.29, 1.82) is 0 Å². The first-order chi connectivity index (χ1) is 10.5. The summed E-state index contributed by atoms with van der Waals surface area (Å²) in [5, 5.41) is 9.31. The van der Waals surface area contributed by atoms with Gasteiger partial charge in [0, 0.05) is 24.5 Å². The molecule has 0 bridgehead atoms. The van der Waals surface area contributed by atoms with Crippen LogP contribution < -0.4 is 4.74 Å². The van der Waals surface area contributed by atoms with Gasteiger partial charge in [0.05, 0.1) is 0 Å².